The Labute approximate surface area is 174 Å². The van der Waals surface area contributed by atoms with Crippen molar-refractivity contribution in [2.45, 2.75) is 32.0 Å². The van der Waals surface area contributed by atoms with Gasteiger partial charge < -0.3 is 4.74 Å². The summed E-state index contributed by atoms with van der Waals surface area (Å²) >= 11 is 1.21. The zero-order valence-electron chi connectivity index (χ0n) is 16.8. The highest BCUT2D eigenvalue weighted by molar-refractivity contribution is 7.99. The van der Waals surface area contributed by atoms with Crippen molar-refractivity contribution in [3.63, 3.8) is 0 Å². The molecule has 0 amide bonds. The minimum absolute atomic E-state index is 0.0841. The van der Waals surface area contributed by atoms with Crippen LogP contribution in [0.4, 0.5) is 0 Å². The van der Waals surface area contributed by atoms with Gasteiger partial charge in [-0.25, -0.2) is 4.98 Å². The molecule has 6 heteroatoms. The van der Waals surface area contributed by atoms with E-state index in [4.69, 9.17) is 4.74 Å². The molecule has 0 unspecified atom stereocenters. The lowest BCUT2D eigenvalue weighted by Crippen LogP contribution is -2.26. The minimum Gasteiger partial charge on any atom is -0.460 e. The number of rotatable bonds is 7. The third-order valence-corrected chi connectivity index (χ3v) is 5.58. The van der Waals surface area contributed by atoms with Gasteiger partial charge >= 0.3 is 5.97 Å². The van der Waals surface area contributed by atoms with E-state index in [1.807, 2.05) is 62.4 Å². The van der Waals surface area contributed by atoms with Gasteiger partial charge in [0, 0.05) is 24.7 Å². The molecule has 0 saturated carbocycles. The molecule has 0 aliphatic heterocycles. The Hall–Kier alpha value is -2.86. The molecule has 1 heterocycles. The van der Waals surface area contributed by atoms with E-state index in [0.717, 1.165) is 16.7 Å². The second-order valence-corrected chi connectivity index (χ2v) is 7.87. The molecule has 0 N–H and O–H groups in total. The van der Waals surface area contributed by atoms with Gasteiger partial charge in [0.15, 0.2) is 5.16 Å². The van der Waals surface area contributed by atoms with Crippen molar-refractivity contribution in [2.75, 3.05) is 5.75 Å². The number of thioether (sulfide) groups is 1. The standard InChI is InChI=1S/C23H24N2O3S/c1-16-8-7-11-19(12-16)13-20-17(2)24-23(25(3)22(20)27)29-15-21(26)28-14-18-9-5-4-6-10-18/h4-12H,13-15H2,1-3H3. The number of nitrogens with zero attached hydrogens (tertiary/aromatic N) is 2. The third kappa shape index (κ3) is 5.57. The molecule has 0 aliphatic carbocycles. The molecule has 2 aromatic carbocycles. The minimum atomic E-state index is -0.338. The normalized spacial score (nSPS) is 10.7. The second kappa shape index (κ2) is 9.56. The van der Waals surface area contributed by atoms with Crippen LogP contribution in [0, 0.1) is 13.8 Å². The molecule has 0 spiro atoms. The van der Waals surface area contributed by atoms with E-state index in [-0.39, 0.29) is 23.9 Å². The lowest BCUT2D eigenvalue weighted by atomic mass is 10.0. The van der Waals surface area contributed by atoms with Crippen LogP contribution in [0.5, 0.6) is 0 Å². The van der Waals surface area contributed by atoms with Crippen LogP contribution in [0.3, 0.4) is 0 Å². The van der Waals surface area contributed by atoms with E-state index < -0.39 is 0 Å². The smallest absolute Gasteiger partial charge is 0.316 e. The van der Waals surface area contributed by atoms with Gasteiger partial charge in [0.2, 0.25) is 0 Å². The van der Waals surface area contributed by atoms with Crippen molar-refractivity contribution in [1.29, 1.82) is 0 Å². The summed E-state index contributed by atoms with van der Waals surface area (Å²) < 4.78 is 6.80. The molecule has 1 aromatic heterocycles. The van der Waals surface area contributed by atoms with E-state index in [2.05, 4.69) is 11.1 Å². The highest BCUT2D eigenvalue weighted by Crippen LogP contribution is 2.17. The largest absolute Gasteiger partial charge is 0.460 e. The first-order chi connectivity index (χ1) is 13.9. The number of hydrogen-bond donors (Lipinski definition) is 0. The summed E-state index contributed by atoms with van der Waals surface area (Å²) in [6.07, 6.45) is 0.539. The number of hydrogen-bond acceptors (Lipinski definition) is 5. The Balaban J connectivity index is 1.66. The van der Waals surface area contributed by atoms with Gasteiger partial charge in [-0.1, -0.05) is 71.9 Å². The molecule has 0 bridgehead atoms. The van der Waals surface area contributed by atoms with Crippen molar-refractivity contribution >= 4 is 17.7 Å². The van der Waals surface area contributed by atoms with Crippen LogP contribution in [-0.2, 0) is 29.6 Å². The zero-order chi connectivity index (χ0) is 20.8. The Bertz CT molecular complexity index is 1060. The van der Waals surface area contributed by atoms with E-state index in [1.54, 1.807) is 7.05 Å². The van der Waals surface area contributed by atoms with E-state index in [0.29, 0.717) is 22.8 Å². The first-order valence-electron chi connectivity index (χ1n) is 9.38. The molecular formula is C23H24N2O3S. The third-order valence-electron chi connectivity index (χ3n) is 4.57. The van der Waals surface area contributed by atoms with Crippen molar-refractivity contribution in [1.82, 2.24) is 9.55 Å². The molecule has 0 aliphatic rings. The second-order valence-electron chi connectivity index (χ2n) is 6.92. The number of carbonyl (C=O) groups is 1. The summed E-state index contributed by atoms with van der Waals surface area (Å²) in [6, 6.07) is 17.6. The van der Waals surface area contributed by atoms with E-state index in [1.165, 1.54) is 16.3 Å². The summed E-state index contributed by atoms with van der Waals surface area (Å²) in [6.45, 7) is 4.11. The number of aryl methyl sites for hydroxylation is 2. The van der Waals surface area contributed by atoms with Crippen molar-refractivity contribution in [3.8, 4) is 0 Å². The lowest BCUT2D eigenvalue weighted by Gasteiger charge is -2.12. The highest BCUT2D eigenvalue weighted by atomic mass is 32.2. The molecule has 0 fully saturated rings. The summed E-state index contributed by atoms with van der Waals surface area (Å²) in [4.78, 5) is 29.5. The maximum absolute atomic E-state index is 12.8. The number of aromatic nitrogens is 2. The van der Waals surface area contributed by atoms with Crippen LogP contribution in [0.1, 0.15) is 27.9 Å². The Morgan fingerprint density at radius 1 is 1.07 bits per heavy atom. The summed E-state index contributed by atoms with van der Waals surface area (Å²) in [5.41, 5.74) is 4.46. The molecule has 0 atom stereocenters. The number of benzene rings is 2. The zero-order valence-corrected chi connectivity index (χ0v) is 17.7. The molecule has 0 saturated heterocycles. The van der Waals surface area contributed by atoms with Crippen molar-refractivity contribution < 1.29 is 9.53 Å². The van der Waals surface area contributed by atoms with Crippen molar-refractivity contribution in [2.24, 2.45) is 7.05 Å². The maximum atomic E-state index is 12.8. The fourth-order valence-electron chi connectivity index (χ4n) is 2.99. The van der Waals surface area contributed by atoms with Crippen LogP contribution in [0.2, 0.25) is 0 Å². The highest BCUT2D eigenvalue weighted by Gasteiger charge is 2.15. The average Bonchev–Trinajstić information content (AvgIpc) is 2.72. The molecule has 29 heavy (non-hydrogen) atoms. The molecule has 0 radical (unpaired) electrons. The molecule has 3 aromatic rings. The van der Waals surface area contributed by atoms with Gasteiger partial charge in [0.05, 0.1) is 5.75 Å². The Morgan fingerprint density at radius 2 is 1.79 bits per heavy atom. The quantitative estimate of drug-likeness (QED) is 0.338. The van der Waals surface area contributed by atoms with Crippen LogP contribution in [0.15, 0.2) is 64.5 Å². The van der Waals surface area contributed by atoms with E-state index in [9.17, 15) is 9.59 Å². The number of carbonyl (C=O) groups excluding carboxylic acids is 1. The summed E-state index contributed by atoms with van der Waals surface area (Å²) in [5, 5.41) is 0.511. The summed E-state index contributed by atoms with van der Waals surface area (Å²) in [5.74, 6) is -0.237. The number of ether oxygens (including phenoxy) is 1. The van der Waals surface area contributed by atoms with Crippen molar-refractivity contribution in [3.05, 3.63) is 92.9 Å². The van der Waals surface area contributed by atoms with Gasteiger partial charge in [0.25, 0.3) is 5.56 Å². The molecule has 3 rings (SSSR count). The fraction of sp³-hybridized carbons (Fsp3) is 0.261. The van der Waals surface area contributed by atoms with Gasteiger partial charge in [-0.2, -0.15) is 0 Å². The molecule has 150 valence electrons. The SMILES string of the molecule is Cc1cccc(Cc2c(C)nc(SCC(=O)OCc3ccccc3)n(C)c2=O)c1. The van der Waals surface area contributed by atoms with Crippen LogP contribution in [-0.4, -0.2) is 21.3 Å². The lowest BCUT2D eigenvalue weighted by molar-refractivity contribution is -0.141. The van der Waals surface area contributed by atoms with Crippen LogP contribution < -0.4 is 5.56 Å². The topological polar surface area (TPSA) is 61.2 Å². The average molecular weight is 409 g/mol. The fourth-order valence-corrected chi connectivity index (χ4v) is 3.80. The van der Waals surface area contributed by atoms with Gasteiger partial charge in [-0.3, -0.25) is 14.2 Å². The van der Waals surface area contributed by atoms with Gasteiger partial charge in [-0.15, -0.1) is 0 Å². The molecule has 5 nitrogen and oxygen atoms in total. The van der Waals surface area contributed by atoms with Gasteiger partial charge in [0.1, 0.15) is 6.61 Å². The summed E-state index contributed by atoms with van der Waals surface area (Å²) in [7, 11) is 1.69. The first kappa shape index (κ1) is 20.9. The monoisotopic (exact) mass is 408 g/mol. The Morgan fingerprint density at radius 3 is 2.52 bits per heavy atom. The number of esters is 1. The predicted molar refractivity (Wildman–Crippen MR) is 115 cm³/mol. The van der Waals surface area contributed by atoms with Crippen LogP contribution >= 0.6 is 11.8 Å². The van der Waals surface area contributed by atoms with Crippen LogP contribution in [0.25, 0.3) is 0 Å². The predicted octanol–water partition coefficient (Wildman–Crippen LogP) is 3.82. The maximum Gasteiger partial charge on any atom is 0.316 e. The first-order valence-corrected chi connectivity index (χ1v) is 10.4. The van der Waals surface area contributed by atoms with Gasteiger partial charge in [-0.05, 0) is 25.0 Å². The van der Waals surface area contributed by atoms with E-state index >= 15 is 0 Å². The molecular weight excluding hydrogens is 384 g/mol. The Kier molecular flexibility index (Phi) is 6.88.